The van der Waals surface area contributed by atoms with Crippen LogP contribution in [0.2, 0.25) is 0 Å². The van der Waals surface area contributed by atoms with Crippen LogP contribution >= 0.6 is 21.6 Å². The highest BCUT2D eigenvalue weighted by Gasteiger charge is 2.33. The predicted octanol–water partition coefficient (Wildman–Crippen LogP) is -1.24. The first kappa shape index (κ1) is 15.2. The van der Waals surface area contributed by atoms with Gasteiger partial charge in [0.25, 0.3) is 0 Å². The van der Waals surface area contributed by atoms with E-state index in [1.807, 2.05) is 0 Å². The summed E-state index contributed by atoms with van der Waals surface area (Å²) in [4.78, 5) is 31.4. The van der Waals surface area contributed by atoms with Crippen molar-refractivity contribution in [2.45, 2.75) is 11.6 Å². The maximum Gasteiger partial charge on any atom is 0.332 e. The van der Waals surface area contributed by atoms with Crippen LogP contribution < -0.4 is 11.5 Å². The zero-order valence-electron chi connectivity index (χ0n) is 8.16. The van der Waals surface area contributed by atoms with Crippen molar-refractivity contribution >= 4 is 39.8 Å². The molecule has 2 unspecified atom stereocenters. The van der Waals surface area contributed by atoms with Crippen molar-refractivity contribution in [1.29, 1.82) is 0 Å². The number of hydrogen-bond acceptors (Lipinski definition) is 7. The molecule has 0 spiro atoms. The second-order valence-electron chi connectivity index (χ2n) is 2.95. The summed E-state index contributed by atoms with van der Waals surface area (Å²) in [6.07, 6.45) is 0.153. The summed E-state index contributed by atoms with van der Waals surface area (Å²) in [5.74, 6) is -2.60. The number of carboxylic acid groups (broad SMARTS) is 2. The molecule has 0 aliphatic heterocycles. The molecule has 16 heavy (non-hydrogen) atoms. The molecule has 0 fully saturated rings. The van der Waals surface area contributed by atoms with Crippen LogP contribution in [0.1, 0.15) is 0 Å². The number of aliphatic carboxylic acids is 2. The summed E-state index contributed by atoms with van der Waals surface area (Å²) in [5, 5.41) is 17.1. The molecule has 6 N–H and O–H groups in total. The minimum Gasteiger partial charge on any atom is -0.480 e. The van der Waals surface area contributed by atoms with Crippen LogP contribution in [0, 0.1) is 0 Å². The summed E-state index contributed by atoms with van der Waals surface area (Å²) in [6.45, 7) is 0. The van der Waals surface area contributed by atoms with Crippen molar-refractivity contribution in [3.8, 4) is 0 Å². The van der Waals surface area contributed by atoms with Gasteiger partial charge in [0.15, 0.2) is 11.8 Å². The first-order valence-electron chi connectivity index (χ1n) is 4.05. The van der Waals surface area contributed by atoms with Gasteiger partial charge in [-0.05, 0) is 0 Å². The van der Waals surface area contributed by atoms with Gasteiger partial charge in [-0.25, -0.2) is 4.79 Å². The Bertz CT molecular complexity index is 288. The normalized spacial score (nSPS) is 16.1. The Morgan fingerprint density at radius 2 is 1.94 bits per heavy atom. The van der Waals surface area contributed by atoms with Crippen LogP contribution in [0.5, 0.6) is 0 Å². The van der Waals surface area contributed by atoms with Gasteiger partial charge in [0.05, 0.1) is 0 Å². The van der Waals surface area contributed by atoms with E-state index in [2.05, 4.69) is 0 Å². The lowest BCUT2D eigenvalue weighted by molar-refractivity contribution is -0.144. The summed E-state index contributed by atoms with van der Waals surface area (Å²) in [6, 6.07) is -1.02. The van der Waals surface area contributed by atoms with Gasteiger partial charge in [-0.2, -0.15) is 0 Å². The molecule has 0 radical (unpaired) electrons. The van der Waals surface area contributed by atoms with Crippen molar-refractivity contribution in [3.05, 3.63) is 0 Å². The molecule has 0 aliphatic carbocycles. The van der Waals surface area contributed by atoms with E-state index in [0.29, 0.717) is 0 Å². The molecule has 9 heteroatoms. The number of carbonyl (C=O) groups excluding carboxylic acids is 1. The zero-order valence-corrected chi connectivity index (χ0v) is 9.79. The Hall–Kier alpha value is -0.770. The number of carboxylic acids is 2. The van der Waals surface area contributed by atoms with E-state index in [9.17, 15) is 14.4 Å². The van der Waals surface area contributed by atoms with E-state index in [4.69, 9.17) is 21.7 Å². The summed E-state index contributed by atoms with van der Waals surface area (Å²) < 4.78 is 0. The van der Waals surface area contributed by atoms with Crippen molar-refractivity contribution in [3.63, 3.8) is 0 Å². The van der Waals surface area contributed by atoms with Gasteiger partial charge < -0.3 is 26.5 Å². The molecule has 0 rings (SSSR count). The topological polar surface area (TPSA) is 144 Å². The molecule has 0 heterocycles. The molecular weight excluding hydrogens is 256 g/mol. The summed E-state index contributed by atoms with van der Waals surface area (Å²) in [7, 11) is 2.05. The lowest BCUT2D eigenvalue weighted by atomic mass is 10.1. The van der Waals surface area contributed by atoms with Gasteiger partial charge in [-0.1, -0.05) is 21.6 Å². The molecule has 0 amide bonds. The van der Waals surface area contributed by atoms with Crippen molar-refractivity contribution in [2.75, 3.05) is 11.5 Å². The fourth-order valence-electron chi connectivity index (χ4n) is 0.478. The number of carbonyl (C=O) groups is 3. The molecule has 0 aliphatic rings. The van der Waals surface area contributed by atoms with E-state index < -0.39 is 23.5 Å². The minimum absolute atomic E-state index is 0.106. The lowest BCUT2D eigenvalue weighted by Gasteiger charge is -2.16. The third-order valence-corrected chi connectivity index (χ3v) is 4.07. The number of aldehydes is 1. The monoisotopic (exact) mass is 268 g/mol. The molecule has 0 aromatic rings. The Balaban J connectivity index is 3.94. The van der Waals surface area contributed by atoms with Gasteiger partial charge in [0.2, 0.25) is 0 Å². The largest absolute Gasteiger partial charge is 0.480 e. The van der Waals surface area contributed by atoms with Gasteiger partial charge in [-0.15, -0.1) is 0 Å². The van der Waals surface area contributed by atoms with Crippen molar-refractivity contribution in [2.24, 2.45) is 11.5 Å². The highest BCUT2D eigenvalue weighted by molar-refractivity contribution is 8.76. The first-order chi connectivity index (χ1) is 7.33. The fourth-order valence-corrected chi connectivity index (χ4v) is 2.90. The van der Waals surface area contributed by atoms with Crippen LogP contribution in [-0.4, -0.2) is 51.5 Å². The van der Waals surface area contributed by atoms with E-state index >= 15 is 0 Å². The van der Waals surface area contributed by atoms with Gasteiger partial charge in [0.1, 0.15) is 6.04 Å². The van der Waals surface area contributed by atoms with E-state index in [1.165, 1.54) is 0 Å². The Morgan fingerprint density at radius 1 is 1.38 bits per heavy atom. The summed E-state index contributed by atoms with van der Waals surface area (Å²) >= 11 is 0. The van der Waals surface area contributed by atoms with Crippen LogP contribution in [0.3, 0.4) is 0 Å². The molecule has 0 aromatic carbocycles. The van der Waals surface area contributed by atoms with E-state index in [1.54, 1.807) is 0 Å². The molecule has 0 saturated carbocycles. The molecule has 2 atom stereocenters. The van der Waals surface area contributed by atoms with E-state index in [0.717, 1.165) is 21.6 Å². The molecule has 92 valence electrons. The molecular formula is C7H12N2O5S2. The molecule has 0 bridgehead atoms. The maximum absolute atomic E-state index is 10.6. The van der Waals surface area contributed by atoms with Gasteiger partial charge >= 0.3 is 11.9 Å². The Kier molecular flexibility index (Phi) is 6.41. The number of rotatable bonds is 8. The number of nitrogens with two attached hydrogens (primary N) is 2. The highest BCUT2D eigenvalue weighted by Crippen LogP contribution is 2.24. The van der Waals surface area contributed by atoms with Crippen LogP contribution in [0.15, 0.2) is 0 Å². The van der Waals surface area contributed by atoms with Gasteiger partial charge in [0, 0.05) is 11.5 Å². The standard InChI is InChI=1S/C7H12N2O5S2/c8-4(5(11)12)1-15-16-3-7(9,2-10)6(13)14/h2,4H,1,3,8-9H2,(H,11,12)(H,13,14). The third-order valence-electron chi connectivity index (χ3n) is 1.55. The first-order valence-corrected chi connectivity index (χ1v) is 6.53. The zero-order chi connectivity index (χ0) is 12.8. The Morgan fingerprint density at radius 3 is 2.31 bits per heavy atom. The smallest absolute Gasteiger partial charge is 0.332 e. The minimum atomic E-state index is -1.94. The number of hydrogen-bond donors (Lipinski definition) is 4. The lowest BCUT2D eigenvalue weighted by Crippen LogP contribution is -2.51. The second-order valence-corrected chi connectivity index (χ2v) is 5.46. The van der Waals surface area contributed by atoms with E-state index in [-0.39, 0.29) is 17.8 Å². The van der Waals surface area contributed by atoms with Crippen molar-refractivity contribution in [1.82, 2.24) is 0 Å². The van der Waals surface area contributed by atoms with Crippen LogP contribution in [0.4, 0.5) is 0 Å². The second kappa shape index (κ2) is 6.74. The average Bonchev–Trinajstić information content (AvgIpc) is 2.23. The Labute approximate surface area is 99.3 Å². The van der Waals surface area contributed by atoms with Gasteiger partial charge in [-0.3, -0.25) is 4.79 Å². The van der Waals surface area contributed by atoms with Crippen LogP contribution in [-0.2, 0) is 14.4 Å². The predicted molar refractivity (Wildman–Crippen MR) is 61.1 cm³/mol. The molecule has 0 saturated heterocycles. The fraction of sp³-hybridized carbons (Fsp3) is 0.571. The third kappa shape index (κ3) is 4.84. The SMILES string of the molecule is NC(CSSCC(N)(C=O)C(=O)O)C(=O)O. The summed E-state index contributed by atoms with van der Waals surface area (Å²) in [5.41, 5.74) is 8.54. The maximum atomic E-state index is 10.6. The molecule has 0 aromatic heterocycles. The quantitative estimate of drug-likeness (QED) is 0.184. The average molecular weight is 268 g/mol. The van der Waals surface area contributed by atoms with Crippen molar-refractivity contribution < 1.29 is 24.6 Å². The highest BCUT2D eigenvalue weighted by atomic mass is 33.1. The molecule has 7 nitrogen and oxygen atoms in total. The van der Waals surface area contributed by atoms with Crippen LogP contribution in [0.25, 0.3) is 0 Å².